The van der Waals surface area contributed by atoms with Crippen LogP contribution in [0.5, 0.6) is 0 Å². The minimum Gasteiger partial charge on any atom is -0.443 e. The standard InChI is InChI=1S/C19H19BrN2O5/c1-19(2,3)27-18(26)22-15(23)7-6-14(17(22)25)21-10-12-8-13(20)5-4-11(12)9-16(21)24/h4-5,8-10,14H,6-7H2,1-3H3. The molecule has 27 heavy (non-hydrogen) atoms. The van der Waals surface area contributed by atoms with E-state index in [2.05, 4.69) is 15.9 Å². The molecule has 0 radical (unpaired) electrons. The van der Waals surface area contributed by atoms with E-state index in [0.29, 0.717) is 4.90 Å². The van der Waals surface area contributed by atoms with Crippen molar-refractivity contribution in [2.75, 3.05) is 0 Å². The van der Waals surface area contributed by atoms with Crippen LogP contribution in [0, 0.1) is 0 Å². The number of amides is 3. The predicted octanol–water partition coefficient (Wildman–Crippen LogP) is 3.39. The number of carbonyl (C=O) groups is 3. The number of hydrogen-bond acceptors (Lipinski definition) is 5. The fraction of sp³-hybridized carbons (Fsp3) is 0.368. The monoisotopic (exact) mass is 434 g/mol. The molecule has 1 aromatic carbocycles. The van der Waals surface area contributed by atoms with Crippen LogP contribution in [0.3, 0.4) is 0 Å². The Morgan fingerprint density at radius 2 is 1.85 bits per heavy atom. The molecule has 0 N–H and O–H groups in total. The van der Waals surface area contributed by atoms with Crippen LogP contribution in [0.15, 0.2) is 39.7 Å². The quantitative estimate of drug-likeness (QED) is 0.642. The molecule has 1 aromatic heterocycles. The Hall–Kier alpha value is -2.48. The first-order valence-electron chi connectivity index (χ1n) is 8.48. The van der Waals surface area contributed by atoms with Gasteiger partial charge in [-0.3, -0.25) is 14.4 Å². The summed E-state index contributed by atoms with van der Waals surface area (Å²) in [5.41, 5.74) is -1.22. The van der Waals surface area contributed by atoms with Gasteiger partial charge in [-0.1, -0.05) is 22.0 Å². The molecular weight excluding hydrogens is 416 g/mol. The van der Waals surface area contributed by atoms with E-state index in [1.54, 1.807) is 33.0 Å². The Balaban J connectivity index is 1.99. The van der Waals surface area contributed by atoms with Crippen molar-refractivity contribution < 1.29 is 19.1 Å². The lowest BCUT2D eigenvalue weighted by molar-refractivity contribution is -0.149. The van der Waals surface area contributed by atoms with E-state index in [4.69, 9.17) is 4.74 Å². The number of nitrogens with zero attached hydrogens (tertiary/aromatic N) is 2. The highest BCUT2D eigenvalue weighted by Crippen LogP contribution is 2.26. The van der Waals surface area contributed by atoms with Crippen molar-refractivity contribution in [3.8, 4) is 0 Å². The Morgan fingerprint density at radius 1 is 1.15 bits per heavy atom. The number of rotatable bonds is 1. The van der Waals surface area contributed by atoms with E-state index in [0.717, 1.165) is 15.2 Å². The van der Waals surface area contributed by atoms with E-state index in [1.807, 2.05) is 12.1 Å². The second kappa shape index (κ2) is 6.92. The van der Waals surface area contributed by atoms with Gasteiger partial charge in [-0.2, -0.15) is 4.90 Å². The summed E-state index contributed by atoms with van der Waals surface area (Å²) in [5.74, 6) is -1.38. The lowest BCUT2D eigenvalue weighted by Gasteiger charge is -2.31. The summed E-state index contributed by atoms with van der Waals surface area (Å²) in [6, 6.07) is 5.94. The van der Waals surface area contributed by atoms with Crippen LogP contribution >= 0.6 is 15.9 Å². The summed E-state index contributed by atoms with van der Waals surface area (Å²) >= 11 is 3.38. The van der Waals surface area contributed by atoms with Crippen molar-refractivity contribution in [1.29, 1.82) is 0 Å². The van der Waals surface area contributed by atoms with Crippen LogP contribution in [0.25, 0.3) is 10.8 Å². The van der Waals surface area contributed by atoms with Crippen molar-refractivity contribution in [1.82, 2.24) is 9.47 Å². The first-order valence-corrected chi connectivity index (χ1v) is 9.27. The molecule has 3 amide bonds. The van der Waals surface area contributed by atoms with Crippen molar-refractivity contribution in [3.05, 3.63) is 45.3 Å². The molecule has 7 nitrogen and oxygen atoms in total. The lowest BCUT2D eigenvalue weighted by Crippen LogP contribution is -2.51. The van der Waals surface area contributed by atoms with E-state index >= 15 is 0 Å². The molecule has 2 aromatic rings. The summed E-state index contributed by atoms with van der Waals surface area (Å²) in [6.45, 7) is 4.94. The van der Waals surface area contributed by atoms with Gasteiger partial charge in [0.1, 0.15) is 11.6 Å². The van der Waals surface area contributed by atoms with Gasteiger partial charge in [0.05, 0.1) is 0 Å². The highest BCUT2D eigenvalue weighted by Gasteiger charge is 2.41. The van der Waals surface area contributed by atoms with Crippen molar-refractivity contribution in [2.24, 2.45) is 0 Å². The number of fused-ring (bicyclic) bond motifs is 1. The first kappa shape index (κ1) is 19.3. The van der Waals surface area contributed by atoms with Crippen LogP contribution < -0.4 is 5.56 Å². The summed E-state index contributed by atoms with van der Waals surface area (Å²) in [7, 11) is 0. The van der Waals surface area contributed by atoms with Gasteiger partial charge in [0.15, 0.2) is 0 Å². The SMILES string of the molecule is CC(C)(C)OC(=O)N1C(=O)CCC(n2cc3cc(Br)ccc3cc2=O)C1=O. The predicted molar refractivity (Wildman–Crippen MR) is 102 cm³/mol. The number of imide groups is 3. The zero-order valence-corrected chi connectivity index (χ0v) is 16.8. The fourth-order valence-corrected chi connectivity index (χ4v) is 3.36. The number of likely N-dealkylation sites (tertiary alicyclic amines) is 1. The molecule has 0 aliphatic carbocycles. The van der Waals surface area contributed by atoms with Crippen LogP contribution in [0.1, 0.15) is 39.7 Å². The maximum absolute atomic E-state index is 12.9. The number of aromatic nitrogens is 1. The minimum atomic E-state index is -1.02. The molecule has 0 bridgehead atoms. The number of piperidine rings is 1. The molecule has 1 fully saturated rings. The van der Waals surface area contributed by atoms with Crippen LogP contribution in [0.4, 0.5) is 4.79 Å². The molecular formula is C19H19BrN2O5. The summed E-state index contributed by atoms with van der Waals surface area (Å²) in [4.78, 5) is 50.4. The van der Waals surface area contributed by atoms with Gasteiger partial charge in [-0.05, 0) is 50.1 Å². The number of pyridine rings is 1. The third kappa shape index (κ3) is 3.95. The zero-order chi connectivity index (χ0) is 19.9. The molecule has 0 spiro atoms. The van der Waals surface area contributed by atoms with Gasteiger partial charge < -0.3 is 9.30 Å². The van der Waals surface area contributed by atoms with Gasteiger partial charge in [-0.15, -0.1) is 0 Å². The highest BCUT2D eigenvalue weighted by molar-refractivity contribution is 9.10. The maximum atomic E-state index is 12.9. The Labute approximate surface area is 164 Å². The molecule has 8 heteroatoms. The van der Waals surface area contributed by atoms with E-state index in [1.165, 1.54) is 10.6 Å². The van der Waals surface area contributed by atoms with Gasteiger partial charge in [0, 0.05) is 23.2 Å². The van der Waals surface area contributed by atoms with Gasteiger partial charge in [0.25, 0.3) is 11.5 Å². The number of ether oxygens (including phenoxy) is 1. The zero-order valence-electron chi connectivity index (χ0n) is 15.2. The van der Waals surface area contributed by atoms with Gasteiger partial charge in [0.2, 0.25) is 5.91 Å². The van der Waals surface area contributed by atoms with Crippen LogP contribution in [-0.2, 0) is 14.3 Å². The molecule has 142 valence electrons. The van der Waals surface area contributed by atoms with Gasteiger partial charge >= 0.3 is 6.09 Å². The van der Waals surface area contributed by atoms with Crippen molar-refractivity contribution in [2.45, 2.75) is 45.3 Å². The number of carbonyl (C=O) groups excluding carboxylic acids is 3. The third-order valence-corrected chi connectivity index (χ3v) is 4.65. The second-order valence-corrected chi connectivity index (χ2v) is 8.31. The molecule has 0 saturated carbocycles. The summed E-state index contributed by atoms with van der Waals surface area (Å²) in [5, 5.41) is 1.50. The largest absolute Gasteiger partial charge is 0.443 e. The number of hydrogen-bond donors (Lipinski definition) is 0. The average Bonchev–Trinajstić information content (AvgIpc) is 2.53. The average molecular weight is 435 g/mol. The number of benzene rings is 1. The third-order valence-electron chi connectivity index (χ3n) is 4.16. The molecule has 1 atom stereocenters. The minimum absolute atomic E-state index is 0.0292. The molecule has 1 saturated heterocycles. The molecule has 3 rings (SSSR count). The number of halogens is 1. The normalized spacial score (nSPS) is 18.1. The smallest absolute Gasteiger partial charge is 0.424 e. The van der Waals surface area contributed by atoms with Gasteiger partial charge in [-0.25, -0.2) is 4.79 Å². The lowest BCUT2D eigenvalue weighted by atomic mass is 10.0. The Bertz CT molecular complexity index is 1010. The maximum Gasteiger partial charge on any atom is 0.424 e. The fourth-order valence-electron chi connectivity index (χ4n) is 2.98. The second-order valence-electron chi connectivity index (χ2n) is 7.39. The van der Waals surface area contributed by atoms with E-state index in [9.17, 15) is 19.2 Å². The van der Waals surface area contributed by atoms with Crippen LogP contribution in [0.2, 0.25) is 0 Å². The summed E-state index contributed by atoms with van der Waals surface area (Å²) < 4.78 is 7.28. The highest BCUT2D eigenvalue weighted by atomic mass is 79.9. The van der Waals surface area contributed by atoms with E-state index < -0.39 is 29.6 Å². The van der Waals surface area contributed by atoms with E-state index in [-0.39, 0.29) is 18.4 Å². The van der Waals surface area contributed by atoms with Crippen molar-refractivity contribution >= 4 is 44.6 Å². The topological polar surface area (TPSA) is 85.7 Å². The summed E-state index contributed by atoms with van der Waals surface area (Å²) in [6.07, 6.45) is 0.682. The Kier molecular flexibility index (Phi) is 4.94. The molecule has 1 aliphatic heterocycles. The molecule has 1 aliphatic rings. The molecule has 2 heterocycles. The van der Waals surface area contributed by atoms with Crippen LogP contribution in [-0.4, -0.2) is 33.0 Å². The van der Waals surface area contributed by atoms with Crippen molar-refractivity contribution in [3.63, 3.8) is 0 Å². The Morgan fingerprint density at radius 3 is 2.52 bits per heavy atom. The first-order chi connectivity index (χ1) is 12.6. The molecule has 1 unspecified atom stereocenters.